The molecule has 0 saturated heterocycles. The first-order chi connectivity index (χ1) is 9.65. The fourth-order valence-corrected chi connectivity index (χ4v) is 2.45. The van der Waals surface area contributed by atoms with E-state index in [9.17, 15) is 9.59 Å². The highest BCUT2D eigenvalue weighted by Gasteiger charge is 2.07. The molecule has 104 valence electrons. The van der Waals surface area contributed by atoms with Crippen LogP contribution >= 0.6 is 27.3 Å². The van der Waals surface area contributed by atoms with Gasteiger partial charge in [0.05, 0.1) is 4.88 Å². The fraction of sp³-hybridized carbons (Fsp3) is 0.143. The number of carbonyl (C=O) groups excluding carboxylic acids is 2. The van der Waals surface area contributed by atoms with Crippen molar-refractivity contribution in [2.45, 2.75) is 6.42 Å². The van der Waals surface area contributed by atoms with E-state index in [0.29, 0.717) is 11.4 Å². The number of anilines is 1. The van der Waals surface area contributed by atoms with Gasteiger partial charge >= 0.3 is 0 Å². The Morgan fingerprint density at radius 1 is 1.15 bits per heavy atom. The molecule has 2 amide bonds. The molecule has 6 heteroatoms. The quantitative estimate of drug-likeness (QED) is 0.867. The Bertz CT molecular complexity index is 582. The summed E-state index contributed by atoms with van der Waals surface area (Å²) in [6.07, 6.45) is 0.243. The first kappa shape index (κ1) is 14.7. The molecule has 0 saturated carbocycles. The van der Waals surface area contributed by atoms with E-state index in [-0.39, 0.29) is 18.2 Å². The molecule has 0 aliphatic carbocycles. The van der Waals surface area contributed by atoms with Gasteiger partial charge in [-0.1, -0.05) is 22.0 Å². The molecule has 4 nitrogen and oxygen atoms in total. The normalized spacial score (nSPS) is 10.1. The van der Waals surface area contributed by atoms with Crippen LogP contribution in [0, 0.1) is 0 Å². The number of benzene rings is 1. The van der Waals surface area contributed by atoms with Crippen LogP contribution in [0.4, 0.5) is 5.69 Å². The molecular formula is C14H13BrN2O2S. The van der Waals surface area contributed by atoms with Crippen LogP contribution in [0.1, 0.15) is 16.1 Å². The predicted octanol–water partition coefficient (Wildman–Crippen LogP) is 3.27. The van der Waals surface area contributed by atoms with Gasteiger partial charge in [0, 0.05) is 23.1 Å². The third-order valence-electron chi connectivity index (χ3n) is 2.51. The second-order valence-electron chi connectivity index (χ2n) is 4.04. The van der Waals surface area contributed by atoms with Gasteiger partial charge < -0.3 is 10.6 Å². The van der Waals surface area contributed by atoms with Gasteiger partial charge in [0.2, 0.25) is 5.91 Å². The van der Waals surface area contributed by atoms with Crippen LogP contribution in [-0.2, 0) is 4.79 Å². The van der Waals surface area contributed by atoms with E-state index in [4.69, 9.17) is 0 Å². The molecule has 1 aromatic carbocycles. The minimum Gasteiger partial charge on any atom is -0.351 e. The first-order valence-electron chi connectivity index (χ1n) is 6.02. The number of amides is 2. The van der Waals surface area contributed by atoms with Gasteiger partial charge in [-0.15, -0.1) is 11.3 Å². The summed E-state index contributed by atoms with van der Waals surface area (Å²) in [5, 5.41) is 7.33. The highest BCUT2D eigenvalue weighted by molar-refractivity contribution is 9.10. The van der Waals surface area contributed by atoms with E-state index in [0.717, 1.165) is 10.2 Å². The topological polar surface area (TPSA) is 58.2 Å². The lowest BCUT2D eigenvalue weighted by Crippen LogP contribution is -2.27. The summed E-state index contributed by atoms with van der Waals surface area (Å²) in [7, 11) is 0. The van der Waals surface area contributed by atoms with Gasteiger partial charge in [-0.2, -0.15) is 0 Å². The molecule has 0 spiro atoms. The van der Waals surface area contributed by atoms with E-state index >= 15 is 0 Å². The Morgan fingerprint density at radius 2 is 1.90 bits per heavy atom. The Balaban J connectivity index is 1.73. The molecule has 0 aliphatic heterocycles. The molecule has 0 unspecified atom stereocenters. The summed E-state index contributed by atoms with van der Waals surface area (Å²) in [4.78, 5) is 24.0. The van der Waals surface area contributed by atoms with Crippen molar-refractivity contribution in [3.8, 4) is 0 Å². The van der Waals surface area contributed by atoms with Crippen LogP contribution in [0.3, 0.4) is 0 Å². The lowest BCUT2D eigenvalue weighted by molar-refractivity contribution is -0.116. The fourth-order valence-electron chi connectivity index (χ4n) is 1.54. The van der Waals surface area contributed by atoms with Crippen LogP contribution in [-0.4, -0.2) is 18.4 Å². The average molecular weight is 353 g/mol. The summed E-state index contributed by atoms with van der Waals surface area (Å²) in [5.41, 5.74) is 0.739. The van der Waals surface area contributed by atoms with Gasteiger partial charge in [0.25, 0.3) is 5.91 Å². The van der Waals surface area contributed by atoms with Crippen LogP contribution in [0.15, 0.2) is 46.3 Å². The number of thiophene rings is 1. The lowest BCUT2D eigenvalue weighted by Gasteiger charge is -2.06. The third-order valence-corrected chi connectivity index (χ3v) is 3.91. The zero-order valence-electron chi connectivity index (χ0n) is 10.6. The SMILES string of the molecule is O=C(CCNC(=O)c1cccs1)Nc1ccc(Br)cc1. The molecule has 2 aromatic rings. The first-order valence-corrected chi connectivity index (χ1v) is 7.69. The molecule has 0 bridgehead atoms. The number of carbonyl (C=O) groups is 2. The predicted molar refractivity (Wildman–Crippen MR) is 84.0 cm³/mol. The zero-order valence-corrected chi connectivity index (χ0v) is 13.0. The molecule has 0 fully saturated rings. The Morgan fingerprint density at radius 3 is 2.55 bits per heavy atom. The van der Waals surface area contributed by atoms with Gasteiger partial charge in [-0.05, 0) is 35.7 Å². The number of halogens is 1. The molecule has 2 rings (SSSR count). The second-order valence-corrected chi connectivity index (χ2v) is 5.90. The minimum atomic E-state index is -0.142. The average Bonchev–Trinajstić information content (AvgIpc) is 2.95. The highest BCUT2D eigenvalue weighted by Crippen LogP contribution is 2.14. The maximum atomic E-state index is 11.7. The monoisotopic (exact) mass is 352 g/mol. The Hall–Kier alpha value is -1.66. The lowest BCUT2D eigenvalue weighted by atomic mass is 10.3. The summed E-state index contributed by atoms with van der Waals surface area (Å²) < 4.78 is 0.957. The van der Waals surface area contributed by atoms with Crippen molar-refractivity contribution in [1.29, 1.82) is 0 Å². The van der Waals surface area contributed by atoms with Crippen molar-refractivity contribution in [2.24, 2.45) is 0 Å². The van der Waals surface area contributed by atoms with Crippen molar-refractivity contribution in [3.05, 3.63) is 51.1 Å². The summed E-state index contributed by atoms with van der Waals surface area (Å²) >= 11 is 4.71. The molecule has 1 aromatic heterocycles. The molecule has 0 atom stereocenters. The minimum absolute atomic E-state index is 0.126. The van der Waals surface area contributed by atoms with E-state index in [1.807, 2.05) is 35.7 Å². The molecule has 20 heavy (non-hydrogen) atoms. The summed E-state index contributed by atoms with van der Waals surface area (Å²) in [6, 6.07) is 10.9. The molecule has 0 radical (unpaired) electrons. The number of rotatable bonds is 5. The number of hydrogen-bond acceptors (Lipinski definition) is 3. The van der Waals surface area contributed by atoms with E-state index in [1.165, 1.54) is 11.3 Å². The smallest absolute Gasteiger partial charge is 0.261 e. The maximum absolute atomic E-state index is 11.7. The van der Waals surface area contributed by atoms with Crippen LogP contribution in [0.25, 0.3) is 0 Å². The van der Waals surface area contributed by atoms with Crippen molar-refractivity contribution in [1.82, 2.24) is 5.32 Å². The Labute approximate surface area is 129 Å². The van der Waals surface area contributed by atoms with Gasteiger partial charge in [0.15, 0.2) is 0 Å². The molecule has 0 aliphatic rings. The van der Waals surface area contributed by atoms with Gasteiger partial charge in [0.1, 0.15) is 0 Å². The van der Waals surface area contributed by atoms with E-state index in [1.54, 1.807) is 6.07 Å². The maximum Gasteiger partial charge on any atom is 0.261 e. The Kier molecular flexibility index (Phi) is 5.31. The van der Waals surface area contributed by atoms with Crippen molar-refractivity contribution in [2.75, 3.05) is 11.9 Å². The summed E-state index contributed by atoms with van der Waals surface area (Å²) in [5.74, 6) is -0.268. The van der Waals surface area contributed by atoms with Gasteiger partial charge in [-0.3, -0.25) is 9.59 Å². The van der Waals surface area contributed by atoms with Crippen LogP contribution < -0.4 is 10.6 Å². The standard InChI is InChI=1S/C14H13BrN2O2S/c15-10-3-5-11(6-4-10)17-13(18)7-8-16-14(19)12-2-1-9-20-12/h1-6,9H,7-8H2,(H,16,19)(H,17,18). The second kappa shape index (κ2) is 7.21. The number of nitrogens with one attached hydrogen (secondary N) is 2. The van der Waals surface area contributed by atoms with Gasteiger partial charge in [-0.25, -0.2) is 0 Å². The highest BCUT2D eigenvalue weighted by atomic mass is 79.9. The largest absolute Gasteiger partial charge is 0.351 e. The third kappa shape index (κ3) is 4.47. The van der Waals surface area contributed by atoms with Crippen molar-refractivity contribution >= 4 is 44.8 Å². The number of hydrogen-bond donors (Lipinski definition) is 2. The van der Waals surface area contributed by atoms with E-state index in [2.05, 4.69) is 26.6 Å². The summed E-state index contributed by atoms with van der Waals surface area (Å²) in [6.45, 7) is 0.319. The zero-order chi connectivity index (χ0) is 14.4. The molecular weight excluding hydrogens is 340 g/mol. The molecule has 1 heterocycles. The van der Waals surface area contributed by atoms with Crippen molar-refractivity contribution in [3.63, 3.8) is 0 Å². The van der Waals surface area contributed by atoms with Crippen molar-refractivity contribution < 1.29 is 9.59 Å². The van der Waals surface area contributed by atoms with E-state index < -0.39 is 0 Å². The van der Waals surface area contributed by atoms with Crippen LogP contribution in [0.5, 0.6) is 0 Å². The molecule has 2 N–H and O–H groups in total. The van der Waals surface area contributed by atoms with Crippen LogP contribution in [0.2, 0.25) is 0 Å².